The molecule has 0 spiro atoms. The van der Waals surface area contributed by atoms with E-state index in [-0.39, 0.29) is 0 Å². The van der Waals surface area contributed by atoms with Gasteiger partial charge in [0, 0.05) is 47.7 Å². The fraction of sp³-hybridized carbons (Fsp3) is 0.250. The highest BCUT2D eigenvalue weighted by molar-refractivity contribution is 7.13. The molecule has 0 aliphatic heterocycles. The maximum absolute atomic E-state index is 6.44. The van der Waals surface area contributed by atoms with Gasteiger partial charge in [0.2, 0.25) is 0 Å². The van der Waals surface area contributed by atoms with E-state index in [1.54, 1.807) is 11.3 Å². The Kier molecular flexibility index (Phi) is 6.76. The number of hydrogen-bond donors (Lipinski definition) is 3. The molecular formula is C24H27N5OS. The van der Waals surface area contributed by atoms with E-state index in [1.165, 1.54) is 0 Å². The molecule has 0 bridgehead atoms. The van der Waals surface area contributed by atoms with Crippen molar-refractivity contribution in [3.05, 3.63) is 71.4 Å². The summed E-state index contributed by atoms with van der Waals surface area (Å²) in [5.74, 6) is 2.30. The molecule has 1 atom stereocenters. The number of thiazole rings is 1. The number of benzene rings is 2. The van der Waals surface area contributed by atoms with E-state index in [1.807, 2.05) is 55.9 Å². The summed E-state index contributed by atoms with van der Waals surface area (Å²) in [5, 5.41) is 15.0. The van der Waals surface area contributed by atoms with Gasteiger partial charge in [-0.1, -0.05) is 36.4 Å². The van der Waals surface area contributed by atoms with E-state index in [4.69, 9.17) is 4.74 Å². The summed E-state index contributed by atoms with van der Waals surface area (Å²) < 4.78 is 6.44. The zero-order valence-corrected chi connectivity index (χ0v) is 18.8. The molecule has 2 aromatic heterocycles. The van der Waals surface area contributed by atoms with Gasteiger partial charge in [-0.05, 0) is 32.3 Å². The molecule has 160 valence electrons. The van der Waals surface area contributed by atoms with Crippen LogP contribution in [0.25, 0.3) is 10.8 Å². The maximum Gasteiger partial charge on any atom is 0.188 e. The number of aromatic nitrogens is 2. The lowest BCUT2D eigenvalue weighted by Crippen LogP contribution is -2.33. The van der Waals surface area contributed by atoms with Crippen LogP contribution in [0.2, 0.25) is 0 Å². The van der Waals surface area contributed by atoms with Gasteiger partial charge in [0.1, 0.15) is 17.3 Å². The fourth-order valence-electron chi connectivity index (χ4n) is 3.21. The van der Waals surface area contributed by atoms with Crippen LogP contribution >= 0.6 is 11.3 Å². The van der Waals surface area contributed by atoms with Gasteiger partial charge in [-0.2, -0.15) is 0 Å². The first-order chi connectivity index (χ1) is 15.1. The summed E-state index contributed by atoms with van der Waals surface area (Å²) in [7, 11) is 1.96. The van der Waals surface area contributed by atoms with Gasteiger partial charge in [0.25, 0.3) is 0 Å². The lowest BCUT2D eigenvalue weighted by Gasteiger charge is -2.16. The molecule has 31 heavy (non-hydrogen) atoms. The SMILES string of the molecule is CNC(C)CNCc1cnc(Nc2nc(C)cs2)cc1Oc1cccc2ccccc12. The van der Waals surface area contributed by atoms with E-state index in [0.717, 1.165) is 45.2 Å². The van der Waals surface area contributed by atoms with Crippen molar-refractivity contribution < 1.29 is 4.74 Å². The second-order valence-electron chi connectivity index (χ2n) is 7.50. The van der Waals surface area contributed by atoms with Gasteiger partial charge in [-0.3, -0.25) is 0 Å². The Morgan fingerprint density at radius 3 is 2.74 bits per heavy atom. The first-order valence-electron chi connectivity index (χ1n) is 10.3. The summed E-state index contributed by atoms with van der Waals surface area (Å²) in [6.07, 6.45) is 1.86. The Morgan fingerprint density at radius 1 is 1.10 bits per heavy atom. The number of nitrogens with one attached hydrogen (secondary N) is 3. The van der Waals surface area contributed by atoms with Crippen molar-refractivity contribution in [3.63, 3.8) is 0 Å². The van der Waals surface area contributed by atoms with Gasteiger partial charge in [-0.25, -0.2) is 9.97 Å². The maximum atomic E-state index is 6.44. The molecule has 0 radical (unpaired) electrons. The Hall–Kier alpha value is -3.00. The van der Waals surface area contributed by atoms with Crippen molar-refractivity contribution in [2.24, 2.45) is 0 Å². The summed E-state index contributed by atoms with van der Waals surface area (Å²) in [6.45, 7) is 5.63. The number of hydrogen-bond acceptors (Lipinski definition) is 7. The van der Waals surface area contributed by atoms with Crippen LogP contribution in [0, 0.1) is 6.92 Å². The van der Waals surface area contributed by atoms with Crippen molar-refractivity contribution >= 4 is 33.1 Å². The first kappa shape index (κ1) is 21.2. The van der Waals surface area contributed by atoms with Crippen LogP contribution in [0.15, 0.2) is 60.1 Å². The molecule has 4 rings (SSSR count). The third-order valence-corrected chi connectivity index (χ3v) is 5.90. The smallest absolute Gasteiger partial charge is 0.188 e. The predicted octanol–water partition coefficient (Wildman–Crippen LogP) is 5.23. The van der Waals surface area contributed by atoms with Crippen molar-refractivity contribution in [2.45, 2.75) is 26.4 Å². The molecule has 0 saturated heterocycles. The van der Waals surface area contributed by atoms with Gasteiger partial charge in [0.15, 0.2) is 5.13 Å². The second-order valence-corrected chi connectivity index (χ2v) is 8.35. The fourth-order valence-corrected chi connectivity index (χ4v) is 3.91. The lowest BCUT2D eigenvalue weighted by atomic mass is 10.1. The van der Waals surface area contributed by atoms with Crippen LogP contribution in [-0.4, -0.2) is 29.6 Å². The van der Waals surface area contributed by atoms with Crippen LogP contribution in [0.5, 0.6) is 11.5 Å². The second kappa shape index (κ2) is 9.87. The number of aryl methyl sites for hydroxylation is 1. The highest BCUT2D eigenvalue weighted by Crippen LogP contribution is 2.33. The molecule has 4 aromatic rings. The van der Waals surface area contributed by atoms with Crippen LogP contribution in [-0.2, 0) is 6.54 Å². The summed E-state index contributed by atoms with van der Waals surface area (Å²) >= 11 is 1.56. The van der Waals surface area contributed by atoms with E-state index in [0.29, 0.717) is 18.4 Å². The van der Waals surface area contributed by atoms with Crippen LogP contribution < -0.4 is 20.7 Å². The van der Waals surface area contributed by atoms with Crippen molar-refractivity contribution in [1.29, 1.82) is 0 Å². The molecule has 6 nitrogen and oxygen atoms in total. The number of fused-ring (bicyclic) bond motifs is 1. The topological polar surface area (TPSA) is 71.1 Å². The number of ether oxygens (including phenoxy) is 1. The average molecular weight is 434 g/mol. The Morgan fingerprint density at radius 2 is 1.94 bits per heavy atom. The summed E-state index contributed by atoms with van der Waals surface area (Å²) in [6, 6.07) is 16.7. The van der Waals surface area contributed by atoms with Gasteiger partial charge in [0.05, 0.1) is 5.69 Å². The van der Waals surface area contributed by atoms with Gasteiger partial charge in [-0.15, -0.1) is 11.3 Å². The Bertz CT molecular complexity index is 1150. The highest BCUT2D eigenvalue weighted by atomic mass is 32.1. The molecule has 3 N–H and O–H groups in total. The standard InChI is InChI=1S/C24H27N5OS/c1-16(25-3)12-26-13-19-14-27-23(29-24-28-17(2)15-31-24)11-22(19)30-21-10-6-8-18-7-4-5-9-20(18)21/h4-11,14-16,25-26H,12-13H2,1-3H3,(H,27,28,29). The minimum Gasteiger partial charge on any atom is -0.456 e. The minimum atomic E-state index is 0.379. The zero-order valence-electron chi connectivity index (χ0n) is 18.0. The number of nitrogens with zero attached hydrogens (tertiary/aromatic N) is 2. The zero-order chi connectivity index (χ0) is 21.6. The first-order valence-corrected chi connectivity index (χ1v) is 11.2. The van der Waals surface area contributed by atoms with Crippen molar-refractivity contribution in [3.8, 4) is 11.5 Å². The molecule has 0 aliphatic rings. The van der Waals surface area contributed by atoms with Crippen LogP contribution in [0.4, 0.5) is 10.9 Å². The normalized spacial score (nSPS) is 12.1. The monoisotopic (exact) mass is 433 g/mol. The number of pyridine rings is 1. The average Bonchev–Trinajstić information content (AvgIpc) is 3.19. The third-order valence-electron chi connectivity index (χ3n) is 5.03. The van der Waals surface area contributed by atoms with Crippen molar-refractivity contribution in [2.75, 3.05) is 18.9 Å². The lowest BCUT2D eigenvalue weighted by molar-refractivity contribution is 0.473. The molecule has 2 heterocycles. The van der Waals surface area contributed by atoms with Crippen LogP contribution in [0.1, 0.15) is 18.2 Å². The molecule has 7 heteroatoms. The molecule has 2 aromatic carbocycles. The largest absolute Gasteiger partial charge is 0.456 e. The number of anilines is 2. The van der Waals surface area contributed by atoms with Gasteiger partial charge < -0.3 is 20.7 Å². The third kappa shape index (κ3) is 5.38. The Balaban J connectivity index is 1.63. The molecular weight excluding hydrogens is 406 g/mol. The number of rotatable bonds is 9. The van der Waals surface area contributed by atoms with E-state index >= 15 is 0 Å². The van der Waals surface area contributed by atoms with E-state index in [9.17, 15) is 0 Å². The summed E-state index contributed by atoms with van der Waals surface area (Å²) in [4.78, 5) is 9.05. The van der Waals surface area contributed by atoms with Crippen molar-refractivity contribution in [1.82, 2.24) is 20.6 Å². The van der Waals surface area contributed by atoms with Gasteiger partial charge >= 0.3 is 0 Å². The quantitative estimate of drug-likeness (QED) is 0.336. The Labute approximate surface area is 186 Å². The number of likely N-dealkylation sites (N-methyl/N-ethyl adjacent to an activating group) is 1. The molecule has 0 saturated carbocycles. The van der Waals surface area contributed by atoms with E-state index < -0.39 is 0 Å². The van der Waals surface area contributed by atoms with E-state index in [2.05, 4.69) is 51.0 Å². The summed E-state index contributed by atoms with van der Waals surface area (Å²) in [5.41, 5.74) is 1.98. The predicted molar refractivity (Wildman–Crippen MR) is 129 cm³/mol. The molecule has 0 fully saturated rings. The minimum absolute atomic E-state index is 0.379. The molecule has 0 amide bonds. The molecule has 1 unspecified atom stereocenters. The van der Waals surface area contributed by atoms with Crippen LogP contribution in [0.3, 0.4) is 0 Å². The molecule has 0 aliphatic carbocycles. The highest BCUT2D eigenvalue weighted by Gasteiger charge is 2.12.